The van der Waals surface area contributed by atoms with E-state index in [2.05, 4.69) is 4.98 Å². The molecule has 0 bridgehead atoms. The zero-order chi connectivity index (χ0) is 16.4. The molecule has 0 amide bonds. The van der Waals surface area contributed by atoms with Gasteiger partial charge in [-0.1, -0.05) is 19.1 Å². The van der Waals surface area contributed by atoms with Crippen LogP contribution in [-0.2, 0) is 6.42 Å². The maximum absolute atomic E-state index is 12.2. The van der Waals surface area contributed by atoms with Gasteiger partial charge in [0.15, 0.2) is 5.78 Å². The Kier molecular flexibility index (Phi) is 3.98. The molecule has 23 heavy (non-hydrogen) atoms. The van der Waals surface area contributed by atoms with E-state index < -0.39 is 0 Å². The van der Waals surface area contributed by atoms with E-state index >= 15 is 0 Å². The van der Waals surface area contributed by atoms with Gasteiger partial charge in [-0.25, -0.2) is 0 Å². The first kappa shape index (κ1) is 15.0. The van der Waals surface area contributed by atoms with E-state index in [4.69, 9.17) is 4.74 Å². The maximum Gasteiger partial charge on any atom is 0.255 e. The summed E-state index contributed by atoms with van der Waals surface area (Å²) in [5.41, 5.74) is 1.84. The van der Waals surface area contributed by atoms with E-state index in [1.165, 1.54) is 6.92 Å². The monoisotopic (exact) mass is 307 g/mol. The Hall–Kier alpha value is -2.88. The Labute approximate surface area is 133 Å². The molecular weight excluding hydrogens is 290 g/mol. The zero-order valence-electron chi connectivity index (χ0n) is 13.1. The molecule has 0 saturated carbocycles. The lowest BCUT2D eigenvalue weighted by Gasteiger charge is -2.13. The number of carbonyl (C=O) groups is 1. The van der Waals surface area contributed by atoms with Crippen molar-refractivity contribution in [1.29, 1.82) is 0 Å². The zero-order valence-corrected chi connectivity index (χ0v) is 13.1. The summed E-state index contributed by atoms with van der Waals surface area (Å²) in [5, 5.41) is 0.861. The number of hydrogen-bond donors (Lipinski definition) is 1. The smallest absolute Gasteiger partial charge is 0.255 e. The minimum Gasteiger partial charge on any atom is -0.456 e. The van der Waals surface area contributed by atoms with Gasteiger partial charge in [0.1, 0.15) is 11.5 Å². The highest BCUT2D eigenvalue weighted by Crippen LogP contribution is 2.31. The van der Waals surface area contributed by atoms with Gasteiger partial charge in [-0.3, -0.25) is 9.59 Å². The standard InChI is InChI=1S/C19H17NO3/c1-3-15-18(16-6-4-5-7-17(16)20-19(15)22)23-14-10-8-13(9-11-14)12(2)21/h4-11H,3H2,1-2H3,(H,20,22). The maximum atomic E-state index is 12.2. The van der Waals surface area contributed by atoms with Gasteiger partial charge >= 0.3 is 0 Å². The topological polar surface area (TPSA) is 59.2 Å². The minimum absolute atomic E-state index is 0.00685. The Morgan fingerprint density at radius 3 is 2.43 bits per heavy atom. The molecule has 0 spiro atoms. The molecular formula is C19H17NO3. The van der Waals surface area contributed by atoms with E-state index in [0.717, 1.165) is 10.9 Å². The Bertz CT molecular complexity index is 923. The van der Waals surface area contributed by atoms with Crippen LogP contribution >= 0.6 is 0 Å². The number of ketones is 1. The first-order valence-electron chi connectivity index (χ1n) is 7.53. The average Bonchev–Trinajstić information content (AvgIpc) is 2.55. The van der Waals surface area contributed by atoms with Crippen LogP contribution in [0.1, 0.15) is 29.8 Å². The summed E-state index contributed by atoms with van der Waals surface area (Å²) in [6, 6.07) is 14.5. The molecule has 0 unspecified atom stereocenters. The highest BCUT2D eigenvalue weighted by atomic mass is 16.5. The molecule has 0 radical (unpaired) electrons. The predicted molar refractivity (Wildman–Crippen MR) is 90.5 cm³/mol. The van der Waals surface area contributed by atoms with Gasteiger partial charge in [0.25, 0.3) is 5.56 Å². The Morgan fingerprint density at radius 1 is 1.09 bits per heavy atom. The van der Waals surface area contributed by atoms with Crippen LogP contribution in [0.5, 0.6) is 11.5 Å². The molecule has 2 aromatic carbocycles. The van der Waals surface area contributed by atoms with Crippen molar-refractivity contribution in [2.24, 2.45) is 0 Å². The lowest BCUT2D eigenvalue weighted by atomic mass is 10.1. The quantitative estimate of drug-likeness (QED) is 0.739. The average molecular weight is 307 g/mol. The van der Waals surface area contributed by atoms with Gasteiger partial charge < -0.3 is 9.72 Å². The fourth-order valence-electron chi connectivity index (χ4n) is 2.57. The van der Waals surface area contributed by atoms with Crippen molar-refractivity contribution < 1.29 is 9.53 Å². The van der Waals surface area contributed by atoms with Crippen LogP contribution in [0.15, 0.2) is 53.3 Å². The second kappa shape index (κ2) is 6.08. The van der Waals surface area contributed by atoms with E-state index in [0.29, 0.717) is 29.0 Å². The molecule has 0 saturated heterocycles. The molecule has 0 aliphatic heterocycles. The van der Waals surface area contributed by atoms with Crippen LogP contribution in [0.4, 0.5) is 0 Å². The molecule has 0 fully saturated rings. The van der Waals surface area contributed by atoms with Crippen LogP contribution in [0.2, 0.25) is 0 Å². The van der Waals surface area contributed by atoms with Crippen LogP contribution in [0, 0.1) is 0 Å². The number of ether oxygens (including phenoxy) is 1. The molecule has 1 aromatic heterocycles. The number of aromatic amines is 1. The summed E-state index contributed by atoms with van der Waals surface area (Å²) in [6.07, 6.45) is 0.570. The minimum atomic E-state index is -0.137. The molecule has 116 valence electrons. The normalized spacial score (nSPS) is 10.7. The molecule has 3 rings (SSSR count). The number of aromatic nitrogens is 1. The number of H-pyrrole nitrogens is 1. The fourth-order valence-corrected chi connectivity index (χ4v) is 2.57. The van der Waals surface area contributed by atoms with E-state index in [9.17, 15) is 9.59 Å². The first-order chi connectivity index (χ1) is 11.1. The number of carbonyl (C=O) groups excluding carboxylic acids is 1. The molecule has 0 atom stereocenters. The number of benzene rings is 2. The summed E-state index contributed by atoms with van der Waals surface area (Å²) in [5.74, 6) is 1.18. The van der Waals surface area contributed by atoms with Crippen molar-refractivity contribution in [3.8, 4) is 11.5 Å². The van der Waals surface area contributed by atoms with Crippen LogP contribution < -0.4 is 10.3 Å². The number of hydrogen-bond acceptors (Lipinski definition) is 3. The number of para-hydroxylation sites is 1. The van der Waals surface area contributed by atoms with Crippen LogP contribution in [0.3, 0.4) is 0 Å². The van der Waals surface area contributed by atoms with E-state index in [-0.39, 0.29) is 11.3 Å². The van der Waals surface area contributed by atoms with Crippen molar-refractivity contribution in [3.05, 3.63) is 70.0 Å². The number of nitrogens with one attached hydrogen (secondary N) is 1. The van der Waals surface area contributed by atoms with Gasteiger partial charge in [-0.05, 0) is 49.7 Å². The number of Topliss-reactive ketones (excluding diaryl/α,β-unsaturated/α-hetero) is 1. The summed E-state index contributed by atoms with van der Waals surface area (Å²) in [7, 11) is 0. The fraction of sp³-hybridized carbons (Fsp3) is 0.158. The van der Waals surface area contributed by atoms with Gasteiger partial charge in [-0.15, -0.1) is 0 Å². The van der Waals surface area contributed by atoms with Crippen molar-refractivity contribution in [2.45, 2.75) is 20.3 Å². The first-order valence-corrected chi connectivity index (χ1v) is 7.53. The Morgan fingerprint density at radius 2 is 1.78 bits per heavy atom. The van der Waals surface area contributed by atoms with Crippen molar-refractivity contribution in [1.82, 2.24) is 4.98 Å². The second-order valence-corrected chi connectivity index (χ2v) is 5.34. The SMILES string of the molecule is CCc1c(Oc2ccc(C(C)=O)cc2)c2ccccc2[nH]c1=O. The lowest BCUT2D eigenvalue weighted by molar-refractivity contribution is 0.101. The summed E-state index contributed by atoms with van der Waals surface area (Å²) < 4.78 is 6.00. The van der Waals surface area contributed by atoms with Gasteiger partial charge in [-0.2, -0.15) is 0 Å². The summed E-state index contributed by atoms with van der Waals surface area (Å²) >= 11 is 0. The number of pyridine rings is 1. The summed E-state index contributed by atoms with van der Waals surface area (Å²) in [4.78, 5) is 26.5. The third-order valence-electron chi connectivity index (χ3n) is 3.80. The molecule has 0 aliphatic rings. The van der Waals surface area contributed by atoms with Crippen LogP contribution in [0.25, 0.3) is 10.9 Å². The predicted octanol–water partition coefficient (Wildman–Crippen LogP) is 4.09. The van der Waals surface area contributed by atoms with Gasteiger partial charge in [0.2, 0.25) is 0 Å². The highest BCUT2D eigenvalue weighted by molar-refractivity contribution is 5.94. The molecule has 4 nitrogen and oxygen atoms in total. The van der Waals surface area contributed by atoms with Crippen LogP contribution in [-0.4, -0.2) is 10.8 Å². The molecule has 1 N–H and O–H groups in total. The molecule has 1 heterocycles. The van der Waals surface area contributed by atoms with Crippen molar-refractivity contribution >= 4 is 16.7 Å². The summed E-state index contributed by atoms with van der Waals surface area (Å²) in [6.45, 7) is 3.44. The number of fused-ring (bicyclic) bond motifs is 1. The lowest BCUT2D eigenvalue weighted by Crippen LogP contribution is -2.13. The Balaban J connectivity index is 2.11. The largest absolute Gasteiger partial charge is 0.456 e. The number of rotatable bonds is 4. The molecule has 0 aliphatic carbocycles. The third-order valence-corrected chi connectivity index (χ3v) is 3.80. The van der Waals surface area contributed by atoms with Gasteiger partial charge in [0.05, 0.1) is 11.1 Å². The van der Waals surface area contributed by atoms with Crippen molar-refractivity contribution in [2.75, 3.05) is 0 Å². The molecule has 4 heteroatoms. The van der Waals surface area contributed by atoms with E-state index in [1.807, 2.05) is 31.2 Å². The van der Waals surface area contributed by atoms with Crippen molar-refractivity contribution in [3.63, 3.8) is 0 Å². The second-order valence-electron chi connectivity index (χ2n) is 5.34. The van der Waals surface area contributed by atoms with E-state index in [1.54, 1.807) is 24.3 Å². The molecule has 3 aromatic rings. The highest BCUT2D eigenvalue weighted by Gasteiger charge is 2.13. The van der Waals surface area contributed by atoms with Gasteiger partial charge in [0, 0.05) is 10.9 Å². The third kappa shape index (κ3) is 2.88.